The van der Waals surface area contributed by atoms with E-state index >= 15 is 0 Å². The quantitative estimate of drug-likeness (QED) is 0.195. The van der Waals surface area contributed by atoms with Crippen molar-refractivity contribution in [2.75, 3.05) is 16.6 Å². The molecular weight excluding hydrogens is 588 g/mol. The Kier molecular flexibility index (Phi) is 7.83. The number of nitrogens with zero attached hydrogens (tertiary/aromatic N) is 3. The van der Waals surface area contributed by atoms with Crippen molar-refractivity contribution in [3.63, 3.8) is 0 Å². The van der Waals surface area contributed by atoms with Crippen LogP contribution in [0.5, 0.6) is 11.6 Å². The Morgan fingerprint density at radius 3 is 2.63 bits per heavy atom. The molecule has 0 aliphatic carbocycles. The van der Waals surface area contributed by atoms with Gasteiger partial charge in [-0.15, -0.1) is 0 Å². The van der Waals surface area contributed by atoms with E-state index < -0.39 is 10.0 Å². The van der Waals surface area contributed by atoms with Gasteiger partial charge in [-0.3, -0.25) is 9.52 Å². The van der Waals surface area contributed by atoms with Crippen molar-refractivity contribution in [1.29, 1.82) is 0 Å². The summed E-state index contributed by atoms with van der Waals surface area (Å²) >= 11 is 6.18. The van der Waals surface area contributed by atoms with Crippen LogP contribution in [-0.4, -0.2) is 41.9 Å². The van der Waals surface area contributed by atoms with Crippen molar-refractivity contribution >= 4 is 49.9 Å². The van der Waals surface area contributed by atoms with E-state index in [4.69, 9.17) is 21.3 Å². The summed E-state index contributed by atoms with van der Waals surface area (Å²) in [5, 5.41) is 7.61. The van der Waals surface area contributed by atoms with Crippen molar-refractivity contribution in [1.82, 2.24) is 20.3 Å². The Bertz CT molecular complexity index is 1940. The zero-order chi connectivity index (χ0) is 30.0. The van der Waals surface area contributed by atoms with Gasteiger partial charge in [0, 0.05) is 42.2 Å². The number of aromatic nitrogens is 3. The van der Waals surface area contributed by atoms with Gasteiger partial charge in [0.2, 0.25) is 17.7 Å². The van der Waals surface area contributed by atoms with Gasteiger partial charge in [0.05, 0.1) is 22.0 Å². The van der Waals surface area contributed by atoms with Crippen molar-refractivity contribution < 1.29 is 17.9 Å². The molecule has 3 N–H and O–H groups in total. The van der Waals surface area contributed by atoms with Gasteiger partial charge in [0.25, 0.3) is 10.0 Å². The number of anilines is 2. The lowest BCUT2D eigenvalue weighted by Gasteiger charge is -2.23. The average Bonchev–Trinajstić information content (AvgIpc) is 3.00. The van der Waals surface area contributed by atoms with Crippen LogP contribution < -0.4 is 20.1 Å². The molecule has 1 amide bonds. The third-order valence-corrected chi connectivity index (χ3v) is 8.94. The smallest absolute Gasteiger partial charge is 0.263 e. The van der Waals surface area contributed by atoms with Gasteiger partial charge in [-0.05, 0) is 55.3 Å². The minimum Gasteiger partial charge on any atom is -0.437 e. The SMILES string of the molecule is Cc1ccc2c(NS(=O)(=O)c3ccccc3Cl)cccc2c1Oc1ncccc1-c1ccnc(NC2CCC(=O)NC2)n1. The molecule has 2 aromatic heterocycles. The number of aryl methyl sites for hydroxylation is 1. The maximum absolute atomic E-state index is 13.2. The lowest BCUT2D eigenvalue weighted by atomic mass is 10.0. The third kappa shape index (κ3) is 6.08. The van der Waals surface area contributed by atoms with E-state index in [1.807, 2.05) is 31.2 Å². The first kappa shape index (κ1) is 28.4. The number of hydrogen-bond acceptors (Lipinski definition) is 8. The van der Waals surface area contributed by atoms with Crippen LogP contribution in [0.3, 0.4) is 0 Å². The number of ether oxygens (including phenoxy) is 1. The number of benzene rings is 3. The van der Waals surface area contributed by atoms with Crippen molar-refractivity contribution in [3.05, 3.63) is 95.8 Å². The molecule has 218 valence electrons. The second-order valence-corrected chi connectivity index (χ2v) is 12.1. The number of hydrogen-bond donors (Lipinski definition) is 3. The maximum Gasteiger partial charge on any atom is 0.263 e. The molecule has 0 spiro atoms. The molecule has 0 saturated carbocycles. The van der Waals surface area contributed by atoms with Crippen molar-refractivity contribution in [2.45, 2.75) is 30.7 Å². The van der Waals surface area contributed by atoms with Gasteiger partial charge in [0.1, 0.15) is 10.6 Å². The fourth-order valence-electron chi connectivity index (χ4n) is 4.91. The summed E-state index contributed by atoms with van der Waals surface area (Å²) in [5.74, 6) is 1.33. The van der Waals surface area contributed by atoms with Gasteiger partial charge < -0.3 is 15.4 Å². The van der Waals surface area contributed by atoms with Gasteiger partial charge >= 0.3 is 0 Å². The van der Waals surface area contributed by atoms with Crippen LogP contribution in [0.2, 0.25) is 5.02 Å². The van der Waals surface area contributed by atoms with E-state index in [1.165, 1.54) is 12.1 Å². The minimum atomic E-state index is -3.95. The largest absolute Gasteiger partial charge is 0.437 e. The summed E-state index contributed by atoms with van der Waals surface area (Å²) in [5.41, 5.74) is 2.47. The number of carbonyl (C=O) groups is 1. The molecule has 12 heteroatoms. The van der Waals surface area contributed by atoms with E-state index in [1.54, 1.807) is 48.8 Å². The van der Waals surface area contributed by atoms with Crippen LogP contribution >= 0.6 is 11.6 Å². The number of rotatable bonds is 8. The van der Waals surface area contributed by atoms with Crippen LogP contribution in [0.1, 0.15) is 18.4 Å². The number of sulfonamides is 1. The Balaban J connectivity index is 1.33. The summed E-state index contributed by atoms with van der Waals surface area (Å²) in [6, 6.07) is 20.8. The molecule has 1 aliphatic rings. The van der Waals surface area contributed by atoms with Crippen LogP contribution in [0.4, 0.5) is 11.6 Å². The standard InChI is InChI=1S/C31H27ClN6O4S/c1-19-11-13-21-22(6-4-9-26(21)38-43(40,41)27-10-3-2-8-24(27)32)29(19)42-30-23(7-5-16-33-30)25-15-17-34-31(37-25)36-20-12-14-28(39)35-18-20/h2-11,13,15-17,20,38H,12,14,18H2,1H3,(H,35,39)(H,34,36,37). The molecule has 1 saturated heterocycles. The number of pyridine rings is 1. The topological polar surface area (TPSA) is 135 Å². The molecule has 1 unspecified atom stereocenters. The van der Waals surface area contributed by atoms with Crippen LogP contribution in [0, 0.1) is 6.92 Å². The molecule has 0 radical (unpaired) electrons. The Hall–Kier alpha value is -4.74. The van der Waals surface area contributed by atoms with Gasteiger partial charge in [0.15, 0.2) is 0 Å². The highest BCUT2D eigenvalue weighted by atomic mass is 35.5. The third-order valence-electron chi connectivity index (χ3n) is 7.08. The highest BCUT2D eigenvalue weighted by Crippen LogP contribution is 2.39. The minimum absolute atomic E-state index is 0.0117. The zero-order valence-electron chi connectivity index (χ0n) is 23.0. The normalized spacial score (nSPS) is 15.1. The number of nitrogens with one attached hydrogen (secondary N) is 3. The average molecular weight is 615 g/mol. The molecule has 1 fully saturated rings. The second kappa shape index (κ2) is 11.9. The Labute approximate surface area is 253 Å². The highest BCUT2D eigenvalue weighted by molar-refractivity contribution is 7.92. The second-order valence-electron chi connectivity index (χ2n) is 10.1. The van der Waals surface area contributed by atoms with Crippen molar-refractivity contribution in [2.24, 2.45) is 0 Å². The lowest BCUT2D eigenvalue weighted by Crippen LogP contribution is -2.42. The molecular formula is C31H27ClN6O4S. The van der Waals surface area contributed by atoms with Crippen molar-refractivity contribution in [3.8, 4) is 22.9 Å². The predicted molar refractivity (Wildman–Crippen MR) is 166 cm³/mol. The number of carbonyl (C=O) groups excluding carboxylic acids is 1. The number of piperidine rings is 1. The van der Waals surface area contributed by atoms with Crippen LogP contribution in [-0.2, 0) is 14.8 Å². The number of fused-ring (bicyclic) bond motifs is 1. The monoisotopic (exact) mass is 614 g/mol. The van der Waals surface area contributed by atoms with Crippen LogP contribution in [0.25, 0.3) is 22.0 Å². The number of amides is 1. The molecule has 0 bridgehead atoms. The van der Waals surface area contributed by atoms with Gasteiger partial charge in [-0.2, -0.15) is 0 Å². The molecule has 3 aromatic carbocycles. The Morgan fingerprint density at radius 1 is 0.953 bits per heavy atom. The fourth-order valence-corrected chi connectivity index (χ4v) is 6.51. The van der Waals surface area contributed by atoms with Gasteiger partial charge in [-0.1, -0.05) is 48.0 Å². The summed E-state index contributed by atoms with van der Waals surface area (Å²) in [7, 11) is -3.95. The number of halogens is 1. The molecule has 1 atom stereocenters. The fraction of sp³-hybridized carbons (Fsp3) is 0.161. The van der Waals surface area contributed by atoms with Crippen LogP contribution in [0.15, 0.2) is 90.1 Å². The predicted octanol–water partition coefficient (Wildman–Crippen LogP) is 5.94. The molecule has 1 aliphatic heterocycles. The van der Waals surface area contributed by atoms with E-state index in [9.17, 15) is 13.2 Å². The van der Waals surface area contributed by atoms with E-state index in [0.717, 1.165) is 5.56 Å². The highest BCUT2D eigenvalue weighted by Gasteiger charge is 2.21. The van der Waals surface area contributed by atoms with E-state index in [-0.39, 0.29) is 21.9 Å². The molecule has 43 heavy (non-hydrogen) atoms. The lowest BCUT2D eigenvalue weighted by molar-refractivity contribution is -0.122. The zero-order valence-corrected chi connectivity index (χ0v) is 24.6. The van der Waals surface area contributed by atoms with E-state index in [0.29, 0.717) is 64.7 Å². The summed E-state index contributed by atoms with van der Waals surface area (Å²) in [4.78, 5) is 25.1. The first-order valence-corrected chi connectivity index (χ1v) is 15.4. The summed E-state index contributed by atoms with van der Waals surface area (Å²) in [6.45, 7) is 2.41. The maximum atomic E-state index is 13.2. The van der Waals surface area contributed by atoms with Gasteiger partial charge in [-0.25, -0.2) is 23.4 Å². The first-order valence-electron chi connectivity index (χ1n) is 13.6. The molecule has 10 nitrogen and oxygen atoms in total. The van der Waals surface area contributed by atoms with E-state index in [2.05, 4.69) is 25.3 Å². The summed E-state index contributed by atoms with van der Waals surface area (Å²) < 4.78 is 35.6. The Morgan fingerprint density at radius 2 is 1.81 bits per heavy atom. The molecule has 3 heterocycles. The molecule has 6 rings (SSSR count). The first-order chi connectivity index (χ1) is 20.8. The summed E-state index contributed by atoms with van der Waals surface area (Å²) in [6.07, 6.45) is 4.43. The molecule has 5 aromatic rings.